The largest absolute Gasteiger partial charge is 0.327 e. The van der Waals surface area contributed by atoms with Gasteiger partial charge in [0, 0.05) is 11.8 Å². The van der Waals surface area contributed by atoms with Crippen molar-refractivity contribution < 1.29 is 0 Å². The minimum absolute atomic E-state index is 0.424. The van der Waals surface area contributed by atoms with E-state index in [0.29, 0.717) is 6.04 Å². The number of rotatable bonds is 3. The first kappa shape index (κ1) is 11.0. The van der Waals surface area contributed by atoms with Crippen LogP contribution in [0.5, 0.6) is 0 Å². The minimum atomic E-state index is 0.424. The van der Waals surface area contributed by atoms with Gasteiger partial charge in [0.05, 0.1) is 0 Å². The number of aryl methyl sites for hydroxylation is 1. The Bertz CT molecular complexity index is 286. The van der Waals surface area contributed by atoms with Gasteiger partial charge in [-0.25, -0.2) is 0 Å². The third-order valence-corrected chi connectivity index (χ3v) is 4.34. The van der Waals surface area contributed by atoms with Crippen LogP contribution in [0, 0.1) is 5.92 Å². The molecule has 15 heavy (non-hydrogen) atoms. The van der Waals surface area contributed by atoms with Crippen molar-refractivity contribution >= 4 is 11.8 Å². The van der Waals surface area contributed by atoms with Gasteiger partial charge in [0.25, 0.3) is 0 Å². The zero-order valence-corrected chi connectivity index (χ0v) is 9.88. The van der Waals surface area contributed by atoms with E-state index in [1.165, 1.54) is 30.6 Å². The molecule has 2 N–H and O–H groups in total. The molecular weight excluding hydrogens is 202 g/mol. The number of hydrogen-bond acceptors (Lipinski definition) is 2. The molecular formula is C13H19NS. The number of benzene rings is 1. The molecule has 1 aromatic rings. The van der Waals surface area contributed by atoms with Crippen molar-refractivity contribution in [2.24, 2.45) is 11.7 Å². The van der Waals surface area contributed by atoms with Gasteiger partial charge in [-0.2, -0.15) is 11.8 Å². The van der Waals surface area contributed by atoms with Gasteiger partial charge < -0.3 is 5.73 Å². The molecule has 0 aromatic heterocycles. The maximum Gasteiger partial charge on any atom is 0.0159 e. The summed E-state index contributed by atoms with van der Waals surface area (Å²) in [6, 6.07) is 11.2. The maximum atomic E-state index is 6.12. The molecule has 0 radical (unpaired) electrons. The second kappa shape index (κ2) is 5.57. The molecule has 1 nitrogen and oxygen atoms in total. The molecule has 1 aliphatic rings. The van der Waals surface area contributed by atoms with Crippen molar-refractivity contribution in [1.82, 2.24) is 0 Å². The quantitative estimate of drug-likeness (QED) is 0.849. The van der Waals surface area contributed by atoms with Crippen LogP contribution >= 0.6 is 11.8 Å². The van der Waals surface area contributed by atoms with Crippen LogP contribution in [-0.4, -0.2) is 17.5 Å². The predicted molar refractivity (Wildman–Crippen MR) is 68.2 cm³/mol. The third-order valence-electron chi connectivity index (χ3n) is 3.20. The Morgan fingerprint density at radius 3 is 2.80 bits per heavy atom. The summed E-state index contributed by atoms with van der Waals surface area (Å²) in [6.45, 7) is 0. The summed E-state index contributed by atoms with van der Waals surface area (Å²) >= 11 is 2.00. The fraction of sp³-hybridized carbons (Fsp3) is 0.538. The van der Waals surface area contributed by atoms with Gasteiger partial charge in [-0.3, -0.25) is 0 Å². The summed E-state index contributed by atoms with van der Waals surface area (Å²) in [7, 11) is 0. The lowest BCUT2D eigenvalue weighted by Crippen LogP contribution is -2.36. The van der Waals surface area contributed by atoms with Crippen LogP contribution in [0.15, 0.2) is 30.3 Å². The summed E-state index contributed by atoms with van der Waals surface area (Å²) in [5.41, 5.74) is 7.57. The van der Waals surface area contributed by atoms with Crippen LogP contribution in [0.3, 0.4) is 0 Å². The van der Waals surface area contributed by atoms with Gasteiger partial charge in [0.2, 0.25) is 0 Å². The van der Waals surface area contributed by atoms with E-state index in [9.17, 15) is 0 Å². The highest BCUT2D eigenvalue weighted by molar-refractivity contribution is 7.99. The first-order valence-electron chi connectivity index (χ1n) is 5.73. The average molecular weight is 221 g/mol. The number of thioether (sulfide) groups is 1. The van der Waals surface area contributed by atoms with Crippen molar-refractivity contribution in [2.75, 3.05) is 11.5 Å². The molecule has 0 saturated carbocycles. The first-order chi connectivity index (χ1) is 7.36. The molecule has 82 valence electrons. The van der Waals surface area contributed by atoms with Gasteiger partial charge in [-0.05, 0) is 36.5 Å². The van der Waals surface area contributed by atoms with E-state index >= 15 is 0 Å². The Morgan fingerprint density at radius 1 is 1.27 bits per heavy atom. The molecule has 1 aromatic carbocycles. The highest BCUT2D eigenvalue weighted by Crippen LogP contribution is 2.25. The predicted octanol–water partition coefficient (Wildman–Crippen LogP) is 2.70. The number of hydrogen-bond donors (Lipinski definition) is 1. The summed E-state index contributed by atoms with van der Waals surface area (Å²) in [4.78, 5) is 0. The van der Waals surface area contributed by atoms with Crippen molar-refractivity contribution in [3.05, 3.63) is 35.9 Å². The van der Waals surface area contributed by atoms with Crippen molar-refractivity contribution in [2.45, 2.75) is 25.3 Å². The van der Waals surface area contributed by atoms with Crippen molar-refractivity contribution in [3.8, 4) is 0 Å². The molecule has 2 unspecified atom stereocenters. The van der Waals surface area contributed by atoms with E-state index in [4.69, 9.17) is 5.73 Å². The van der Waals surface area contributed by atoms with Crippen molar-refractivity contribution in [1.29, 1.82) is 0 Å². The normalized spacial score (nSPS) is 26.5. The lowest BCUT2D eigenvalue weighted by Gasteiger charge is -2.28. The fourth-order valence-electron chi connectivity index (χ4n) is 2.16. The summed E-state index contributed by atoms with van der Waals surface area (Å²) < 4.78 is 0. The zero-order chi connectivity index (χ0) is 10.5. The van der Waals surface area contributed by atoms with Gasteiger partial charge >= 0.3 is 0 Å². The first-order valence-corrected chi connectivity index (χ1v) is 6.89. The highest BCUT2D eigenvalue weighted by Gasteiger charge is 2.21. The fourth-order valence-corrected chi connectivity index (χ4v) is 3.34. The van der Waals surface area contributed by atoms with Gasteiger partial charge in [0.15, 0.2) is 0 Å². The molecule has 1 saturated heterocycles. The molecule has 1 aliphatic heterocycles. The van der Waals surface area contributed by atoms with Crippen molar-refractivity contribution in [3.63, 3.8) is 0 Å². The van der Waals surface area contributed by atoms with E-state index in [2.05, 4.69) is 30.3 Å². The van der Waals surface area contributed by atoms with E-state index < -0.39 is 0 Å². The molecule has 0 amide bonds. The summed E-state index contributed by atoms with van der Waals surface area (Å²) in [5, 5.41) is 0. The lowest BCUT2D eigenvalue weighted by molar-refractivity contribution is 0.400. The average Bonchev–Trinajstić information content (AvgIpc) is 2.29. The van der Waals surface area contributed by atoms with E-state index in [-0.39, 0.29) is 0 Å². The van der Waals surface area contributed by atoms with Crippen LogP contribution in [-0.2, 0) is 6.42 Å². The Kier molecular flexibility index (Phi) is 4.09. The third kappa shape index (κ3) is 3.25. The Hall–Kier alpha value is -0.470. The van der Waals surface area contributed by atoms with Crippen LogP contribution in [0.4, 0.5) is 0 Å². The molecule has 2 heteroatoms. The molecule has 2 rings (SSSR count). The Balaban J connectivity index is 1.82. The zero-order valence-electron chi connectivity index (χ0n) is 9.06. The maximum absolute atomic E-state index is 6.12. The second-order valence-electron chi connectivity index (χ2n) is 4.31. The SMILES string of the molecule is NC1CSCCC1CCc1ccccc1. The van der Waals surface area contributed by atoms with E-state index in [0.717, 1.165) is 11.7 Å². The lowest BCUT2D eigenvalue weighted by atomic mass is 9.91. The monoisotopic (exact) mass is 221 g/mol. The smallest absolute Gasteiger partial charge is 0.0159 e. The van der Waals surface area contributed by atoms with Crippen LogP contribution < -0.4 is 5.73 Å². The molecule has 2 atom stereocenters. The Labute approximate surface area is 96.4 Å². The molecule has 1 fully saturated rings. The molecule has 1 heterocycles. The van der Waals surface area contributed by atoms with Gasteiger partial charge in [-0.1, -0.05) is 30.3 Å². The highest BCUT2D eigenvalue weighted by atomic mass is 32.2. The van der Waals surface area contributed by atoms with Crippen LogP contribution in [0.2, 0.25) is 0 Å². The van der Waals surface area contributed by atoms with Gasteiger partial charge in [0.1, 0.15) is 0 Å². The number of nitrogens with two attached hydrogens (primary N) is 1. The van der Waals surface area contributed by atoms with E-state index in [1.54, 1.807) is 0 Å². The Morgan fingerprint density at radius 2 is 2.07 bits per heavy atom. The molecule has 0 aliphatic carbocycles. The molecule has 0 spiro atoms. The summed E-state index contributed by atoms with van der Waals surface area (Å²) in [5.74, 6) is 3.19. The topological polar surface area (TPSA) is 26.0 Å². The van der Waals surface area contributed by atoms with Gasteiger partial charge in [-0.15, -0.1) is 0 Å². The standard InChI is InChI=1S/C13H19NS/c14-13-10-15-9-8-12(13)7-6-11-4-2-1-3-5-11/h1-5,12-13H,6-10,14H2. The second-order valence-corrected chi connectivity index (χ2v) is 5.46. The minimum Gasteiger partial charge on any atom is -0.327 e. The summed E-state index contributed by atoms with van der Waals surface area (Å²) in [6.07, 6.45) is 3.74. The van der Waals surface area contributed by atoms with Crippen LogP contribution in [0.25, 0.3) is 0 Å². The molecule has 0 bridgehead atoms. The van der Waals surface area contributed by atoms with E-state index in [1.807, 2.05) is 11.8 Å². The van der Waals surface area contributed by atoms with Crippen LogP contribution in [0.1, 0.15) is 18.4 Å².